The summed E-state index contributed by atoms with van der Waals surface area (Å²) in [5, 5.41) is -0.512. The van der Waals surface area contributed by atoms with Crippen molar-refractivity contribution in [1.29, 1.82) is 0 Å². The maximum atomic E-state index is 13.6. The van der Waals surface area contributed by atoms with Crippen molar-refractivity contribution >= 4 is 21.6 Å². The molecular weight excluding hydrogens is 279 g/mol. The normalized spacial score (nSPS) is 16.8. The third-order valence-electron chi connectivity index (χ3n) is 3.06. The van der Waals surface area contributed by atoms with Gasteiger partial charge in [-0.3, -0.25) is 0 Å². The van der Waals surface area contributed by atoms with E-state index in [4.69, 9.17) is 11.6 Å². The molecule has 1 aliphatic rings. The van der Waals surface area contributed by atoms with Crippen LogP contribution in [0.3, 0.4) is 0 Å². The van der Waals surface area contributed by atoms with Gasteiger partial charge in [-0.1, -0.05) is 6.42 Å². The summed E-state index contributed by atoms with van der Waals surface area (Å²) in [4.78, 5) is 3.65. The molecule has 0 amide bonds. The Labute approximate surface area is 111 Å². The van der Waals surface area contributed by atoms with E-state index in [1.165, 1.54) is 16.6 Å². The zero-order chi connectivity index (χ0) is 13.2. The molecule has 1 saturated carbocycles. The van der Waals surface area contributed by atoms with E-state index < -0.39 is 20.9 Å². The standard InChI is InChI=1S/C11H14ClFN2O2S/c12-6-8-15(9-3-1-4-9)18(16,17)11-10(13)5-2-7-14-11/h2,5,7,9H,1,3-4,6,8H2. The Hall–Kier alpha value is -0.720. The molecule has 100 valence electrons. The van der Waals surface area contributed by atoms with E-state index in [-0.39, 0.29) is 18.5 Å². The Morgan fingerprint density at radius 2 is 2.22 bits per heavy atom. The molecule has 1 aliphatic carbocycles. The minimum absolute atomic E-state index is 0.0739. The number of nitrogens with zero attached hydrogens (tertiary/aromatic N) is 2. The van der Waals surface area contributed by atoms with Gasteiger partial charge in [0.1, 0.15) is 0 Å². The molecule has 0 N–H and O–H groups in total. The van der Waals surface area contributed by atoms with E-state index in [9.17, 15) is 12.8 Å². The molecular formula is C11H14ClFN2O2S. The molecule has 18 heavy (non-hydrogen) atoms. The Balaban J connectivity index is 2.36. The summed E-state index contributed by atoms with van der Waals surface area (Å²) < 4.78 is 39.5. The molecule has 0 aliphatic heterocycles. The monoisotopic (exact) mass is 292 g/mol. The number of sulfonamides is 1. The molecule has 0 unspecified atom stereocenters. The average Bonchev–Trinajstić information content (AvgIpc) is 2.26. The molecule has 0 bridgehead atoms. The molecule has 1 fully saturated rings. The number of halogens is 2. The van der Waals surface area contributed by atoms with E-state index in [0.717, 1.165) is 25.3 Å². The third-order valence-corrected chi connectivity index (χ3v) is 5.12. The minimum atomic E-state index is -3.89. The highest BCUT2D eigenvalue weighted by Gasteiger charge is 2.36. The van der Waals surface area contributed by atoms with Gasteiger partial charge in [0.05, 0.1) is 0 Å². The van der Waals surface area contributed by atoms with Crippen LogP contribution in [0.2, 0.25) is 0 Å². The van der Waals surface area contributed by atoms with Crippen LogP contribution in [0.1, 0.15) is 19.3 Å². The highest BCUT2D eigenvalue weighted by atomic mass is 35.5. The lowest BCUT2D eigenvalue weighted by atomic mass is 9.93. The first-order chi connectivity index (χ1) is 8.57. The fourth-order valence-electron chi connectivity index (χ4n) is 1.93. The van der Waals surface area contributed by atoms with Crippen LogP contribution < -0.4 is 0 Å². The number of hydrogen-bond donors (Lipinski definition) is 0. The fourth-order valence-corrected chi connectivity index (χ4v) is 3.88. The molecule has 0 saturated heterocycles. The van der Waals surface area contributed by atoms with Crippen molar-refractivity contribution in [3.8, 4) is 0 Å². The number of rotatable bonds is 5. The second kappa shape index (κ2) is 5.50. The summed E-state index contributed by atoms with van der Waals surface area (Å²) in [6.07, 6.45) is 3.86. The Morgan fingerprint density at radius 3 is 2.72 bits per heavy atom. The van der Waals surface area contributed by atoms with Crippen molar-refractivity contribution in [1.82, 2.24) is 9.29 Å². The maximum absolute atomic E-state index is 13.6. The Kier molecular flexibility index (Phi) is 4.19. The van der Waals surface area contributed by atoms with Crippen LogP contribution in [0.5, 0.6) is 0 Å². The molecule has 0 aromatic carbocycles. The van der Waals surface area contributed by atoms with Gasteiger partial charge in [0.15, 0.2) is 5.82 Å². The lowest BCUT2D eigenvalue weighted by Crippen LogP contribution is -2.45. The second-order valence-corrected chi connectivity index (χ2v) is 6.36. The molecule has 4 nitrogen and oxygen atoms in total. The SMILES string of the molecule is O=S(=O)(c1ncccc1F)N(CCCl)C1CCC1. The van der Waals surface area contributed by atoms with Crippen molar-refractivity contribution in [2.75, 3.05) is 12.4 Å². The second-order valence-electron chi connectivity index (χ2n) is 4.18. The van der Waals surface area contributed by atoms with Gasteiger partial charge in [0, 0.05) is 24.7 Å². The maximum Gasteiger partial charge on any atom is 0.263 e. The first-order valence-corrected chi connectivity index (χ1v) is 7.73. The number of hydrogen-bond acceptors (Lipinski definition) is 3. The topological polar surface area (TPSA) is 50.3 Å². The van der Waals surface area contributed by atoms with Gasteiger partial charge in [-0.2, -0.15) is 4.31 Å². The molecule has 1 heterocycles. The van der Waals surface area contributed by atoms with Crippen LogP contribution >= 0.6 is 11.6 Å². The lowest BCUT2D eigenvalue weighted by Gasteiger charge is -2.35. The van der Waals surface area contributed by atoms with E-state index >= 15 is 0 Å². The van der Waals surface area contributed by atoms with Gasteiger partial charge >= 0.3 is 0 Å². The molecule has 0 spiro atoms. The minimum Gasteiger partial charge on any atom is -0.241 e. The predicted molar refractivity (Wildman–Crippen MR) is 66.4 cm³/mol. The van der Waals surface area contributed by atoms with Gasteiger partial charge in [0.2, 0.25) is 5.03 Å². The zero-order valence-electron chi connectivity index (χ0n) is 9.72. The zero-order valence-corrected chi connectivity index (χ0v) is 11.3. The van der Waals surface area contributed by atoms with Crippen molar-refractivity contribution in [3.05, 3.63) is 24.1 Å². The van der Waals surface area contributed by atoms with E-state index in [0.29, 0.717) is 0 Å². The molecule has 0 radical (unpaired) electrons. The Bertz CT molecular complexity index is 520. The number of alkyl halides is 1. The quantitative estimate of drug-likeness (QED) is 0.780. The van der Waals surface area contributed by atoms with Crippen molar-refractivity contribution < 1.29 is 12.8 Å². The Morgan fingerprint density at radius 1 is 1.50 bits per heavy atom. The highest BCUT2D eigenvalue weighted by molar-refractivity contribution is 7.89. The van der Waals surface area contributed by atoms with Gasteiger partial charge in [0.25, 0.3) is 10.0 Å². The molecule has 0 atom stereocenters. The first kappa shape index (κ1) is 13.7. The highest BCUT2D eigenvalue weighted by Crippen LogP contribution is 2.29. The van der Waals surface area contributed by atoms with Crippen LogP contribution in [-0.4, -0.2) is 36.2 Å². The largest absolute Gasteiger partial charge is 0.263 e. The fraction of sp³-hybridized carbons (Fsp3) is 0.545. The van der Waals surface area contributed by atoms with Gasteiger partial charge in [-0.25, -0.2) is 17.8 Å². The lowest BCUT2D eigenvalue weighted by molar-refractivity contribution is 0.226. The first-order valence-electron chi connectivity index (χ1n) is 5.75. The van der Waals surface area contributed by atoms with Crippen molar-refractivity contribution in [2.24, 2.45) is 0 Å². The van der Waals surface area contributed by atoms with Gasteiger partial charge in [-0.15, -0.1) is 11.6 Å². The predicted octanol–water partition coefficient (Wildman–Crippen LogP) is 2.00. The summed E-state index contributed by atoms with van der Waals surface area (Å²) in [7, 11) is -3.89. The van der Waals surface area contributed by atoms with Crippen LogP contribution in [0.4, 0.5) is 4.39 Å². The third kappa shape index (κ3) is 2.50. The summed E-state index contributed by atoms with van der Waals surface area (Å²) in [6, 6.07) is 2.39. The molecule has 1 aromatic rings. The van der Waals surface area contributed by atoms with E-state index in [2.05, 4.69) is 4.98 Å². The van der Waals surface area contributed by atoms with Crippen LogP contribution in [0, 0.1) is 5.82 Å². The van der Waals surface area contributed by atoms with Gasteiger partial charge < -0.3 is 0 Å². The average molecular weight is 293 g/mol. The van der Waals surface area contributed by atoms with Crippen molar-refractivity contribution in [3.63, 3.8) is 0 Å². The number of aromatic nitrogens is 1. The number of pyridine rings is 1. The van der Waals surface area contributed by atoms with Gasteiger partial charge in [-0.05, 0) is 25.0 Å². The van der Waals surface area contributed by atoms with Crippen LogP contribution in [0.25, 0.3) is 0 Å². The summed E-state index contributed by atoms with van der Waals surface area (Å²) in [6.45, 7) is 0.185. The molecule has 7 heteroatoms. The summed E-state index contributed by atoms with van der Waals surface area (Å²) in [5.41, 5.74) is 0. The van der Waals surface area contributed by atoms with Crippen molar-refractivity contribution in [2.45, 2.75) is 30.3 Å². The molecule has 1 aromatic heterocycles. The van der Waals surface area contributed by atoms with E-state index in [1.54, 1.807) is 0 Å². The smallest absolute Gasteiger partial charge is 0.241 e. The summed E-state index contributed by atoms with van der Waals surface area (Å²) in [5.74, 6) is -0.638. The van der Waals surface area contributed by atoms with Crippen LogP contribution in [-0.2, 0) is 10.0 Å². The van der Waals surface area contributed by atoms with E-state index in [1.807, 2.05) is 0 Å². The summed E-state index contributed by atoms with van der Waals surface area (Å²) >= 11 is 5.63. The molecule has 2 rings (SSSR count). The van der Waals surface area contributed by atoms with Crippen LogP contribution in [0.15, 0.2) is 23.4 Å².